The number of non-ortho nitro benzene ring substituents is 1. The summed E-state index contributed by atoms with van der Waals surface area (Å²) in [5.74, 6) is 0.783. The van der Waals surface area contributed by atoms with E-state index in [1.54, 1.807) is 24.3 Å². The van der Waals surface area contributed by atoms with Crippen molar-refractivity contribution >= 4 is 28.9 Å². The fraction of sp³-hybridized carbons (Fsp3) is 0. The van der Waals surface area contributed by atoms with Gasteiger partial charge in [-0.1, -0.05) is 29.8 Å². The molecule has 0 aliphatic rings. The second kappa shape index (κ2) is 7.67. The maximum Gasteiger partial charge on any atom is 0.270 e. The molecule has 1 N–H and O–H groups in total. The number of halogens is 1. The molecular weight excluding hydrogens is 356 g/mol. The average Bonchev–Trinajstić information content (AvgIpc) is 2.64. The Labute approximate surface area is 154 Å². The number of carbonyl (C=O) groups is 1. The number of nitro benzene ring substituents is 1. The van der Waals surface area contributed by atoms with Gasteiger partial charge in [-0.2, -0.15) is 0 Å². The summed E-state index contributed by atoms with van der Waals surface area (Å²) >= 11 is 5.97. The quantitative estimate of drug-likeness (QED) is 0.489. The lowest BCUT2D eigenvalue weighted by Crippen LogP contribution is -2.12. The van der Waals surface area contributed by atoms with Gasteiger partial charge < -0.3 is 10.1 Å². The van der Waals surface area contributed by atoms with Gasteiger partial charge in [0.2, 0.25) is 0 Å². The van der Waals surface area contributed by atoms with Crippen LogP contribution in [-0.2, 0) is 0 Å². The number of carbonyl (C=O) groups excluding carboxylic acids is 1. The first-order valence-electron chi connectivity index (χ1n) is 7.61. The third-order valence-corrected chi connectivity index (χ3v) is 3.83. The number of nitrogens with one attached hydrogen (secondary N) is 1. The van der Waals surface area contributed by atoms with Crippen molar-refractivity contribution in [2.75, 3.05) is 5.32 Å². The van der Waals surface area contributed by atoms with E-state index >= 15 is 0 Å². The number of ether oxygens (including phenoxy) is 1. The van der Waals surface area contributed by atoms with Crippen LogP contribution < -0.4 is 10.1 Å². The highest BCUT2D eigenvalue weighted by Crippen LogP contribution is 2.25. The van der Waals surface area contributed by atoms with E-state index in [1.807, 2.05) is 30.3 Å². The molecule has 0 bridgehead atoms. The van der Waals surface area contributed by atoms with E-state index in [-0.39, 0.29) is 16.3 Å². The van der Waals surface area contributed by atoms with Crippen LogP contribution in [0.15, 0.2) is 72.8 Å². The van der Waals surface area contributed by atoms with Gasteiger partial charge in [-0.25, -0.2) is 0 Å². The number of hydrogen-bond donors (Lipinski definition) is 1. The van der Waals surface area contributed by atoms with E-state index in [4.69, 9.17) is 16.3 Å². The summed E-state index contributed by atoms with van der Waals surface area (Å²) in [5, 5.41) is 13.6. The van der Waals surface area contributed by atoms with Crippen LogP contribution in [0.1, 0.15) is 10.4 Å². The van der Waals surface area contributed by atoms with E-state index < -0.39 is 10.8 Å². The van der Waals surface area contributed by atoms with E-state index in [0.717, 1.165) is 6.07 Å². The Balaban J connectivity index is 1.72. The van der Waals surface area contributed by atoms with E-state index in [1.165, 1.54) is 12.1 Å². The van der Waals surface area contributed by atoms with Crippen LogP contribution >= 0.6 is 11.6 Å². The van der Waals surface area contributed by atoms with Crippen LogP contribution in [0, 0.1) is 10.1 Å². The summed E-state index contributed by atoms with van der Waals surface area (Å²) in [7, 11) is 0. The highest BCUT2D eigenvalue weighted by Gasteiger charge is 2.16. The second-order valence-corrected chi connectivity index (χ2v) is 5.72. The lowest BCUT2D eigenvalue weighted by molar-refractivity contribution is -0.384. The Morgan fingerprint density at radius 3 is 2.27 bits per heavy atom. The first-order valence-corrected chi connectivity index (χ1v) is 7.99. The zero-order chi connectivity index (χ0) is 18.5. The molecule has 130 valence electrons. The maximum atomic E-state index is 12.3. The molecule has 3 aromatic carbocycles. The van der Waals surface area contributed by atoms with Gasteiger partial charge in [0.15, 0.2) is 0 Å². The van der Waals surface area contributed by atoms with Gasteiger partial charge in [0.1, 0.15) is 11.5 Å². The molecule has 1 amide bonds. The number of rotatable bonds is 5. The van der Waals surface area contributed by atoms with E-state index in [0.29, 0.717) is 17.2 Å². The minimum atomic E-state index is -0.581. The van der Waals surface area contributed by atoms with Crippen molar-refractivity contribution in [3.63, 3.8) is 0 Å². The van der Waals surface area contributed by atoms with Crippen LogP contribution in [-0.4, -0.2) is 10.8 Å². The molecule has 6 nitrogen and oxygen atoms in total. The highest BCUT2D eigenvalue weighted by atomic mass is 35.5. The number of benzene rings is 3. The lowest BCUT2D eigenvalue weighted by Gasteiger charge is -2.09. The van der Waals surface area contributed by atoms with Crippen LogP contribution in [0.25, 0.3) is 0 Å². The number of anilines is 1. The molecule has 0 spiro atoms. The normalized spacial score (nSPS) is 10.2. The fourth-order valence-electron chi connectivity index (χ4n) is 2.23. The van der Waals surface area contributed by atoms with Crippen molar-refractivity contribution < 1.29 is 14.5 Å². The molecule has 0 saturated carbocycles. The van der Waals surface area contributed by atoms with Crippen LogP contribution in [0.3, 0.4) is 0 Å². The van der Waals surface area contributed by atoms with Gasteiger partial charge >= 0.3 is 0 Å². The average molecular weight is 369 g/mol. The number of amides is 1. The lowest BCUT2D eigenvalue weighted by atomic mass is 10.2. The molecule has 0 aliphatic carbocycles. The summed E-state index contributed by atoms with van der Waals surface area (Å²) in [4.78, 5) is 22.6. The molecule has 0 aliphatic heterocycles. The number of para-hydroxylation sites is 1. The van der Waals surface area contributed by atoms with Gasteiger partial charge in [-0.05, 0) is 42.5 Å². The number of nitro groups is 1. The standard InChI is InChI=1S/C19H13ClN2O4/c20-18-11-8-14(22(24)25)12-17(18)19(23)21-13-6-9-16(10-7-13)26-15-4-2-1-3-5-15/h1-12H,(H,21,23). The summed E-state index contributed by atoms with van der Waals surface area (Å²) in [6.45, 7) is 0. The molecular formula is C19H13ClN2O4. The molecule has 0 heterocycles. The summed E-state index contributed by atoms with van der Waals surface area (Å²) in [6.07, 6.45) is 0. The first-order chi connectivity index (χ1) is 12.5. The van der Waals surface area contributed by atoms with Crippen molar-refractivity contribution in [1.29, 1.82) is 0 Å². The zero-order valence-corrected chi connectivity index (χ0v) is 14.1. The van der Waals surface area contributed by atoms with Crippen LogP contribution in [0.4, 0.5) is 11.4 Å². The predicted molar refractivity (Wildman–Crippen MR) is 99.0 cm³/mol. The number of nitrogens with zero attached hydrogens (tertiary/aromatic N) is 1. The Morgan fingerprint density at radius 2 is 1.62 bits per heavy atom. The Morgan fingerprint density at radius 1 is 0.962 bits per heavy atom. The van der Waals surface area contributed by atoms with Crippen molar-refractivity contribution in [2.24, 2.45) is 0 Å². The monoisotopic (exact) mass is 368 g/mol. The van der Waals surface area contributed by atoms with Gasteiger partial charge in [-0.3, -0.25) is 14.9 Å². The summed E-state index contributed by atoms with van der Waals surface area (Å²) in [6, 6.07) is 19.8. The largest absolute Gasteiger partial charge is 0.457 e. The van der Waals surface area contributed by atoms with Crippen LogP contribution in [0.2, 0.25) is 5.02 Å². The van der Waals surface area contributed by atoms with E-state index in [2.05, 4.69) is 5.32 Å². The molecule has 0 unspecified atom stereocenters. The first kappa shape index (κ1) is 17.4. The SMILES string of the molecule is O=C(Nc1ccc(Oc2ccccc2)cc1)c1cc([N+](=O)[O-])ccc1Cl. The molecule has 3 aromatic rings. The van der Waals surface area contributed by atoms with Gasteiger partial charge in [0.05, 0.1) is 15.5 Å². The van der Waals surface area contributed by atoms with Crippen molar-refractivity contribution in [3.05, 3.63) is 93.5 Å². The zero-order valence-electron chi connectivity index (χ0n) is 13.4. The van der Waals surface area contributed by atoms with E-state index in [9.17, 15) is 14.9 Å². The Hall–Kier alpha value is -3.38. The molecule has 0 aromatic heterocycles. The van der Waals surface area contributed by atoms with Crippen molar-refractivity contribution in [1.82, 2.24) is 0 Å². The molecule has 7 heteroatoms. The molecule has 3 rings (SSSR count). The van der Waals surface area contributed by atoms with Gasteiger partial charge in [0.25, 0.3) is 11.6 Å². The van der Waals surface area contributed by atoms with Gasteiger partial charge in [0, 0.05) is 17.8 Å². The smallest absolute Gasteiger partial charge is 0.270 e. The second-order valence-electron chi connectivity index (χ2n) is 5.31. The third-order valence-electron chi connectivity index (χ3n) is 3.50. The molecule has 26 heavy (non-hydrogen) atoms. The summed E-state index contributed by atoms with van der Waals surface area (Å²) in [5.41, 5.74) is 0.342. The maximum absolute atomic E-state index is 12.3. The summed E-state index contributed by atoms with van der Waals surface area (Å²) < 4.78 is 5.68. The van der Waals surface area contributed by atoms with Gasteiger partial charge in [-0.15, -0.1) is 0 Å². The molecule has 0 atom stereocenters. The Kier molecular flexibility index (Phi) is 5.15. The predicted octanol–water partition coefficient (Wildman–Crippen LogP) is 5.29. The topological polar surface area (TPSA) is 81.5 Å². The highest BCUT2D eigenvalue weighted by molar-refractivity contribution is 6.34. The molecule has 0 fully saturated rings. The van der Waals surface area contributed by atoms with Crippen molar-refractivity contribution in [2.45, 2.75) is 0 Å². The minimum absolute atomic E-state index is 0.0329. The van der Waals surface area contributed by atoms with Crippen LogP contribution in [0.5, 0.6) is 11.5 Å². The molecule has 0 radical (unpaired) electrons. The van der Waals surface area contributed by atoms with Crippen molar-refractivity contribution in [3.8, 4) is 11.5 Å². The molecule has 0 saturated heterocycles. The third kappa shape index (κ3) is 4.17. The fourth-order valence-corrected chi connectivity index (χ4v) is 2.43. The minimum Gasteiger partial charge on any atom is -0.457 e. The Bertz CT molecular complexity index is 944. The number of hydrogen-bond acceptors (Lipinski definition) is 4.